The molecule has 1 heterocycles. The molecule has 1 aromatic heterocycles. The van der Waals surface area contributed by atoms with Crippen LogP contribution < -0.4 is 11.1 Å². The first-order valence-corrected chi connectivity index (χ1v) is 8.45. The van der Waals surface area contributed by atoms with Crippen molar-refractivity contribution in [2.75, 3.05) is 5.32 Å². The predicted molar refractivity (Wildman–Crippen MR) is 100 cm³/mol. The Morgan fingerprint density at radius 3 is 2.39 bits per heavy atom. The second-order valence-corrected chi connectivity index (χ2v) is 6.37. The molecule has 0 aliphatic carbocycles. The van der Waals surface area contributed by atoms with E-state index in [1.807, 2.05) is 0 Å². The molecule has 1 amide bonds. The number of halogens is 4. The topological polar surface area (TPSA) is 80.9 Å². The molecule has 0 aliphatic heterocycles. The van der Waals surface area contributed by atoms with Gasteiger partial charge in [-0.25, -0.2) is 9.97 Å². The quantitative estimate of drug-likeness (QED) is 0.649. The van der Waals surface area contributed by atoms with Gasteiger partial charge in [0.25, 0.3) is 0 Å². The number of carbonyl (C=O) groups excluding carboxylic acids is 1. The van der Waals surface area contributed by atoms with Crippen LogP contribution in [-0.4, -0.2) is 15.9 Å². The number of nitrogens with zero attached hydrogens (tertiary/aromatic N) is 2. The van der Waals surface area contributed by atoms with E-state index in [1.54, 1.807) is 42.5 Å². The van der Waals surface area contributed by atoms with Gasteiger partial charge in [-0.2, -0.15) is 13.2 Å². The fraction of sp³-hybridized carbons (Fsp3) is 0.105. The zero-order valence-corrected chi connectivity index (χ0v) is 15.1. The lowest BCUT2D eigenvalue weighted by molar-refractivity contribution is -0.141. The minimum Gasteiger partial charge on any atom is -0.369 e. The number of benzene rings is 2. The van der Waals surface area contributed by atoms with Crippen LogP contribution in [0.15, 0.2) is 54.6 Å². The van der Waals surface area contributed by atoms with Gasteiger partial charge in [0.05, 0.1) is 6.42 Å². The molecular formula is C19H14ClF3N4O. The Labute approximate surface area is 163 Å². The molecule has 0 spiro atoms. The molecular weight excluding hydrogens is 393 g/mol. The number of nitrogens with one attached hydrogen (secondary N) is 1. The molecule has 3 aromatic rings. The van der Waals surface area contributed by atoms with Crippen molar-refractivity contribution < 1.29 is 18.0 Å². The maximum absolute atomic E-state index is 13.3. The number of carbonyl (C=O) groups is 1. The summed E-state index contributed by atoms with van der Waals surface area (Å²) in [6.07, 6.45) is -4.57. The zero-order chi connectivity index (χ0) is 20.3. The van der Waals surface area contributed by atoms with Crippen molar-refractivity contribution in [1.29, 1.82) is 0 Å². The van der Waals surface area contributed by atoms with Gasteiger partial charge in [0.1, 0.15) is 5.82 Å². The fourth-order valence-electron chi connectivity index (χ4n) is 2.47. The van der Waals surface area contributed by atoms with Gasteiger partial charge in [0.2, 0.25) is 5.91 Å². The maximum Gasteiger partial charge on any atom is 0.433 e. The summed E-state index contributed by atoms with van der Waals surface area (Å²) >= 11 is 5.92. The van der Waals surface area contributed by atoms with E-state index in [4.69, 9.17) is 17.3 Å². The van der Waals surface area contributed by atoms with Crippen molar-refractivity contribution in [2.45, 2.75) is 12.6 Å². The summed E-state index contributed by atoms with van der Waals surface area (Å²) in [7, 11) is 0. The van der Waals surface area contributed by atoms with E-state index >= 15 is 0 Å². The molecule has 2 aromatic carbocycles. The summed E-state index contributed by atoms with van der Waals surface area (Å²) in [4.78, 5) is 18.7. The molecule has 0 saturated heterocycles. The van der Waals surface area contributed by atoms with Gasteiger partial charge in [-0.3, -0.25) is 4.79 Å². The van der Waals surface area contributed by atoms with E-state index in [1.165, 1.54) is 6.07 Å². The number of hydrogen-bond acceptors (Lipinski definition) is 4. The monoisotopic (exact) mass is 406 g/mol. The van der Waals surface area contributed by atoms with Gasteiger partial charge >= 0.3 is 6.18 Å². The molecule has 0 radical (unpaired) electrons. The van der Waals surface area contributed by atoms with Crippen LogP contribution in [0.2, 0.25) is 5.02 Å². The summed E-state index contributed by atoms with van der Waals surface area (Å²) in [5, 5.41) is 3.18. The van der Waals surface area contributed by atoms with Crippen LogP contribution in [0.3, 0.4) is 0 Å². The van der Waals surface area contributed by atoms with E-state index in [0.29, 0.717) is 21.8 Å². The molecule has 28 heavy (non-hydrogen) atoms. The Kier molecular flexibility index (Phi) is 5.51. The van der Waals surface area contributed by atoms with Crippen LogP contribution in [0.4, 0.5) is 24.7 Å². The van der Waals surface area contributed by atoms with Crippen molar-refractivity contribution in [1.82, 2.24) is 9.97 Å². The molecule has 144 valence electrons. The van der Waals surface area contributed by atoms with Crippen LogP contribution in [0.1, 0.15) is 11.3 Å². The molecule has 3 N–H and O–H groups in total. The largest absolute Gasteiger partial charge is 0.433 e. The summed E-state index contributed by atoms with van der Waals surface area (Å²) in [6, 6.07) is 13.6. The molecule has 3 rings (SSSR count). The van der Waals surface area contributed by atoms with Crippen molar-refractivity contribution in [3.8, 4) is 11.4 Å². The number of amides is 1. The van der Waals surface area contributed by atoms with Gasteiger partial charge in [-0.15, -0.1) is 0 Å². The van der Waals surface area contributed by atoms with Crippen molar-refractivity contribution in [3.05, 3.63) is 70.9 Å². The van der Waals surface area contributed by atoms with E-state index in [0.717, 1.165) is 6.07 Å². The van der Waals surface area contributed by atoms with Crippen molar-refractivity contribution in [2.24, 2.45) is 5.73 Å². The Bertz CT molecular complexity index is 1010. The number of alkyl halides is 3. The van der Waals surface area contributed by atoms with Crippen LogP contribution in [0, 0.1) is 0 Å². The highest BCUT2D eigenvalue weighted by molar-refractivity contribution is 6.30. The SMILES string of the molecule is NC(=O)Cc1ccc(Nc2cc(C(F)(F)F)nc(-c3cccc(Cl)c3)n2)cc1. The number of primary amides is 1. The first kappa shape index (κ1) is 19.6. The first-order valence-electron chi connectivity index (χ1n) is 8.07. The summed E-state index contributed by atoms with van der Waals surface area (Å²) < 4.78 is 39.8. The second-order valence-electron chi connectivity index (χ2n) is 5.94. The zero-order valence-electron chi connectivity index (χ0n) is 14.3. The van der Waals surface area contributed by atoms with E-state index in [2.05, 4.69) is 15.3 Å². The lowest BCUT2D eigenvalue weighted by Crippen LogP contribution is -2.13. The van der Waals surface area contributed by atoms with Gasteiger partial charge in [-0.05, 0) is 29.8 Å². The molecule has 0 saturated carbocycles. The number of aromatic nitrogens is 2. The summed E-state index contributed by atoms with van der Waals surface area (Å²) in [5.74, 6) is -0.609. The molecule has 0 fully saturated rings. The third-order valence-corrected chi connectivity index (χ3v) is 3.94. The Hall–Kier alpha value is -3.13. The van der Waals surface area contributed by atoms with E-state index < -0.39 is 17.8 Å². The first-order chi connectivity index (χ1) is 13.2. The maximum atomic E-state index is 13.3. The van der Waals surface area contributed by atoms with E-state index in [-0.39, 0.29) is 18.1 Å². The highest BCUT2D eigenvalue weighted by Gasteiger charge is 2.34. The summed E-state index contributed by atoms with van der Waals surface area (Å²) in [5.41, 5.74) is 5.61. The molecule has 0 atom stereocenters. The summed E-state index contributed by atoms with van der Waals surface area (Å²) in [6.45, 7) is 0. The lowest BCUT2D eigenvalue weighted by Gasteiger charge is -2.12. The van der Waals surface area contributed by atoms with Crippen LogP contribution >= 0.6 is 11.6 Å². The van der Waals surface area contributed by atoms with Crippen molar-refractivity contribution in [3.63, 3.8) is 0 Å². The average Bonchev–Trinajstić information content (AvgIpc) is 2.62. The van der Waals surface area contributed by atoms with Crippen LogP contribution in [0.5, 0.6) is 0 Å². The molecule has 0 aliphatic rings. The standard InChI is InChI=1S/C19H14ClF3N4O/c20-13-3-1-2-12(9-13)18-26-15(19(21,22)23)10-17(27-18)25-14-6-4-11(5-7-14)8-16(24)28/h1-7,9-10H,8H2,(H2,24,28)(H,25,26,27). The minimum atomic E-state index is -4.64. The fourth-order valence-corrected chi connectivity index (χ4v) is 2.66. The molecule has 0 bridgehead atoms. The molecule has 5 nitrogen and oxygen atoms in total. The van der Waals surface area contributed by atoms with Gasteiger partial charge in [0.15, 0.2) is 11.5 Å². The Balaban J connectivity index is 1.96. The van der Waals surface area contributed by atoms with Gasteiger partial charge in [-0.1, -0.05) is 35.9 Å². The average molecular weight is 407 g/mol. The highest BCUT2D eigenvalue weighted by atomic mass is 35.5. The van der Waals surface area contributed by atoms with Crippen LogP contribution in [-0.2, 0) is 17.4 Å². The van der Waals surface area contributed by atoms with E-state index in [9.17, 15) is 18.0 Å². The number of nitrogens with two attached hydrogens (primary N) is 1. The second kappa shape index (κ2) is 7.85. The number of rotatable bonds is 5. The minimum absolute atomic E-state index is 0.0278. The van der Waals surface area contributed by atoms with Gasteiger partial charge in [0, 0.05) is 22.3 Å². The normalized spacial score (nSPS) is 11.3. The third kappa shape index (κ3) is 4.98. The van der Waals surface area contributed by atoms with Crippen LogP contribution in [0.25, 0.3) is 11.4 Å². The van der Waals surface area contributed by atoms with Crippen molar-refractivity contribution >= 4 is 29.0 Å². The van der Waals surface area contributed by atoms with Gasteiger partial charge < -0.3 is 11.1 Å². The lowest BCUT2D eigenvalue weighted by atomic mass is 10.1. The molecule has 9 heteroatoms. The third-order valence-electron chi connectivity index (χ3n) is 3.70. The smallest absolute Gasteiger partial charge is 0.369 e. The number of hydrogen-bond donors (Lipinski definition) is 2. The Morgan fingerprint density at radius 2 is 1.79 bits per heavy atom. The number of anilines is 2. The Morgan fingerprint density at radius 1 is 1.07 bits per heavy atom. The highest BCUT2D eigenvalue weighted by Crippen LogP contribution is 2.32. The predicted octanol–water partition coefficient (Wildman–Crippen LogP) is 4.59. The molecule has 0 unspecified atom stereocenters.